The van der Waals surface area contributed by atoms with Gasteiger partial charge in [-0.2, -0.15) is 4.98 Å². The Balaban J connectivity index is 2.09. The third-order valence-corrected chi connectivity index (χ3v) is 3.05. The number of hydrogen-bond acceptors (Lipinski definition) is 4. The highest BCUT2D eigenvalue weighted by atomic mass is 35.5. The van der Waals surface area contributed by atoms with Crippen molar-refractivity contribution in [3.05, 3.63) is 46.9 Å². The van der Waals surface area contributed by atoms with E-state index in [1.165, 1.54) is 5.56 Å². The molecule has 0 spiro atoms. The molecule has 0 amide bonds. The van der Waals surface area contributed by atoms with Gasteiger partial charge in [0.2, 0.25) is 5.28 Å². The van der Waals surface area contributed by atoms with Gasteiger partial charge in [0, 0.05) is 6.04 Å². The Morgan fingerprint density at radius 3 is 2.63 bits per heavy atom. The molecule has 0 bridgehead atoms. The molecule has 100 valence electrons. The Bertz CT molecular complexity index is 557. The molecule has 1 unspecified atom stereocenters. The fourth-order valence-electron chi connectivity index (χ4n) is 1.91. The second-order valence-corrected chi connectivity index (χ2v) is 4.91. The maximum Gasteiger partial charge on any atom is 0.224 e. The molecule has 1 heterocycles. The van der Waals surface area contributed by atoms with E-state index in [-0.39, 0.29) is 11.3 Å². The lowest BCUT2D eigenvalue weighted by Gasteiger charge is -2.16. The summed E-state index contributed by atoms with van der Waals surface area (Å²) >= 11 is 5.85. The summed E-state index contributed by atoms with van der Waals surface area (Å²) in [7, 11) is 0. The van der Waals surface area contributed by atoms with Crippen LogP contribution >= 0.6 is 11.6 Å². The highest BCUT2D eigenvalue weighted by molar-refractivity contribution is 6.28. The zero-order chi connectivity index (χ0) is 13.8. The average Bonchev–Trinajstić information content (AvgIpc) is 2.36. The molecule has 2 aromatic rings. The molecule has 3 N–H and O–H groups in total. The number of aryl methyl sites for hydroxylation is 1. The number of rotatable bonds is 4. The van der Waals surface area contributed by atoms with E-state index in [2.05, 4.69) is 34.3 Å². The van der Waals surface area contributed by atoms with Gasteiger partial charge in [0.25, 0.3) is 0 Å². The van der Waals surface area contributed by atoms with Gasteiger partial charge in [-0.3, -0.25) is 0 Å². The van der Waals surface area contributed by atoms with E-state index in [4.69, 9.17) is 17.3 Å². The van der Waals surface area contributed by atoms with Crippen LogP contribution in [0.5, 0.6) is 0 Å². The number of halogens is 1. The highest BCUT2D eigenvalue weighted by Crippen LogP contribution is 2.21. The first-order chi connectivity index (χ1) is 9.06. The predicted molar refractivity (Wildman–Crippen MR) is 79.4 cm³/mol. The zero-order valence-corrected chi connectivity index (χ0v) is 11.8. The molecule has 5 heteroatoms. The van der Waals surface area contributed by atoms with Crippen molar-refractivity contribution in [1.82, 2.24) is 9.97 Å². The summed E-state index contributed by atoms with van der Waals surface area (Å²) in [6.45, 7) is 3.90. The summed E-state index contributed by atoms with van der Waals surface area (Å²) in [4.78, 5) is 8.15. The minimum atomic E-state index is 0.204. The van der Waals surface area contributed by atoms with Gasteiger partial charge in [-0.15, -0.1) is 0 Å². The van der Waals surface area contributed by atoms with Gasteiger partial charge < -0.3 is 11.1 Å². The second-order valence-electron chi connectivity index (χ2n) is 4.58. The van der Waals surface area contributed by atoms with Crippen LogP contribution in [-0.4, -0.2) is 16.0 Å². The van der Waals surface area contributed by atoms with Crippen LogP contribution in [0.2, 0.25) is 5.28 Å². The van der Waals surface area contributed by atoms with Crippen molar-refractivity contribution in [2.45, 2.75) is 26.3 Å². The van der Waals surface area contributed by atoms with Crippen LogP contribution in [0, 0.1) is 6.92 Å². The molecule has 2 rings (SSSR count). The predicted octanol–water partition coefficient (Wildman–Crippen LogP) is 3.06. The topological polar surface area (TPSA) is 63.8 Å². The molecule has 1 atom stereocenters. The maximum absolute atomic E-state index is 5.95. The summed E-state index contributed by atoms with van der Waals surface area (Å²) in [5.41, 5.74) is 8.44. The first-order valence-corrected chi connectivity index (χ1v) is 6.54. The minimum Gasteiger partial charge on any atom is -0.394 e. The Hall–Kier alpha value is -1.81. The monoisotopic (exact) mass is 276 g/mol. The molecule has 4 nitrogen and oxygen atoms in total. The van der Waals surface area contributed by atoms with E-state index in [1.807, 2.05) is 25.1 Å². The zero-order valence-electron chi connectivity index (χ0n) is 11.0. The van der Waals surface area contributed by atoms with Gasteiger partial charge in [-0.25, -0.2) is 4.98 Å². The van der Waals surface area contributed by atoms with Gasteiger partial charge >= 0.3 is 0 Å². The SMILES string of the molecule is Cc1nc(Cl)nc(NC(C)Cc2ccccc2)c1N. The van der Waals surface area contributed by atoms with Crippen molar-refractivity contribution >= 4 is 23.1 Å². The molecule has 1 aromatic heterocycles. The molecule has 0 aliphatic heterocycles. The first-order valence-electron chi connectivity index (χ1n) is 6.16. The quantitative estimate of drug-likeness (QED) is 0.843. The number of aromatic nitrogens is 2. The number of nitrogens with two attached hydrogens (primary N) is 1. The maximum atomic E-state index is 5.95. The van der Waals surface area contributed by atoms with Crippen LogP contribution in [0.1, 0.15) is 18.2 Å². The molecular weight excluding hydrogens is 260 g/mol. The molecule has 0 saturated carbocycles. The summed E-state index contributed by atoms with van der Waals surface area (Å²) in [6.07, 6.45) is 0.890. The number of nitrogens with one attached hydrogen (secondary N) is 1. The fraction of sp³-hybridized carbons (Fsp3) is 0.286. The van der Waals surface area contributed by atoms with E-state index in [1.54, 1.807) is 0 Å². The lowest BCUT2D eigenvalue weighted by Crippen LogP contribution is -2.20. The van der Waals surface area contributed by atoms with E-state index in [0.717, 1.165) is 6.42 Å². The second kappa shape index (κ2) is 5.89. The average molecular weight is 277 g/mol. The van der Waals surface area contributed by atoms with Crippen molar-refractivity contribution in [3.8, 4) is 0 Å². The van der Waals surface area contributed by atoms with Crippen molar-refractivity contribution in [1.29, 1.82) is 0 Å². The van der Waals surface area contributed by atoms with Gasteiger partial charge in [-0.05, 0) is 37.4 Å². The van der Waals surface area contributed by atoms with Gasteiger partial charge in [0.1, 0.15) is 0 Å². The molecule has 0 radical (unpaired) electrons. The van der Waals surface area contributed by atoms with Gasteiger partial charge in [0.05, 0.1) is 11.4 Å². The Kier molecular flexibility index (Phi) is 4.22. The third kappa shape index (κ3) is 3.58. The highest BCUT2D eigenvalue weighted by Gasteiger charge is 2.10. The molecule has 0 saturated heterocycles. The largest absolute Gasteiger partial charge is 0.394 e. The van der Waals surface area contributed by atoms with E-state index in [9.17, 15) is 0 Å². The van der Waals surface area contributed by atoms with E-state index < -0.39 is 0 Å². The van der Waals surface area contributed by atoms with Crippen molar-refractivity contribution in [2.24, 2.45) is 0 Å². The summed E-state index contributed by atoms with van der Waals surface area (Å²) < 4.78 is 0. The van der Waals surface area contributed by atoms with Crippen LogP contribution in [0.3, 0.4) is 0 Å². The lowest BCUT2D eigenvalue weighted by atomic mass is 10.1. The van der Waals surface area contributed by atoms with Crippen LogP contribution in [-0.2, 0) is 6.42 Å². The number of anilines is 2. The Morgan fingerprint density at radius 1 is 1.26 bits per heavy atom. The number of nitrogens with zero attached hydrogens (tertiary/aromatic N) is 2. The van der Waals surface area contributed by atoms with Crippen LogP contribution < -0.4 is 11.1 Å². The summed E-state index contributed by atoms with van der Waals surface area (Å²) in [5.74, 6) is 0.598. The molecule has 19 heavy (non-hydrogen) atoms. The van der Waals surface area contributed by atoms with E-state index in [0.29, 0.717) is 17.2 Å². The smallest absolute Gasteiger partial charge is 0.224 e. The molecule has 0 aliphatic carbocycles. The Morgan fingerprint density at radius 2 is 1.95 bits per heavy atom. The van der Waals surface area contributed by atoms with Crippen molar-refractivity contribution < 1.29 is 0 Å². The Labute approximate surface area is 118 Å². The van der Waals surface area contributed by atoms with Crippen molar-refractivity contribution in [3.63, 3.8) is 0 Å². The van der Waals surface area contributed by atoms with Gasteiger partial charge in [0.15, 0.2) is 5.82 Å². The normalized spacial score (nSPS) is 12.2. The molecular formula is C14H17ClN4. The number of benzene rings is 1. The molecule has 0 aliphatic rings. The van der Waals surface area contributed by atoms with E-state index >= 15 is 0 Å². The van der Waals surface area contributed by atoms with Crippen LogP contribution in [0.15, 0.2) is 30.3 Å². The summed E-state index contributed by atoms with van der Waals surface area (Å²) in [5, 5.41) is 3.49. The standard InChI is InChI=1S/C14H17ClN4/c1-9(8-11-6-4-3-5-7-11)17-13-12(16)10(2)18-14(15)19-13/h3-7,9H,8,16H2,1-2H3,(H,17,18,19). The molecule has 1 aromatic carbocycles. The minimum absolute atomic E-state index is 0.204. The third-order valence-electron chi connectivity index (χ3n) is 2.88. The molecule has 0 fully saturated rings. The van der Waals surface area contributed by atoms with Gasteiger partial charge in [-0.1, -0.05) is 30.3 Å². The number of hydrogen-bond donors (Lipinski definition) is 2. The van der Waals surface area contributed by atoms with Crippen molar-refractivity contribution in [2.75, 3.05) is 11.1 Å². The first kappa shape index (κ1) is 13.6. The lowest BCUT2D eigenvalue weighted by molar-refractivity contribution is 0.784. The fourth-order valence-corrected chi connectivity index (χ4v) is 2.12. The van der Waals surface area contributed by atoms with Crippen LogP contribution in [0.4, 0.5) is 11.5 Å². The summed E-state index contributed by atoms with van der Waals surface area (Å²) in [6, 6.07) is 10.5. The van der Waals surface area contributed by atoms with Crippen LogP contribution in [0.25, 0.3) is 0 Å². The number of nitrogen functional groups attached to an aromatic ring is 1.